The molecule has 2 rings (SSSR count). The van der Waals surface area contributed by atoms with Gasteiger partial charge in [-0.25, -0.2) is 4.98 Å². The van der Waals surface area contributed by atoms with E-state index in [-0.39, 0.29) is 0 Å². The first-order chi connectivity index (χ1) is 9.20. The van der Waals surface area contributed by atoms with Crippen molar-refractivity contribution < 1.29 is 9.90 Å². The van der Waals surface area contributed by atoms with Crippen LogP contribution in [0.3, 0.4) is 0 Å². The lowest BCUT2D eigenvalue weighted by Gasteiger charge is -2.10. The summed E-state index contributed by atoms with van der Waals surface area (Å²) in [7, 11) is 0. The number of hydrogen-bond acceptors (Lipinski definition) is 5. The van der Waals surface area contributed by atoms with E-state index < -0.39 is 11.9 Å². The van der Waals surface area contributed by atoms with E-state index in [1.807, 2.05) is 37.3 Å². The van der Waals surface area contributed by atoms with Crippen LogP contribution in [0.15, 0.2) is 34.7 Å². The van der Waals surface area contributed by atoms with Crippen molar-refractivity contribution in [1.82, 2.24) is 9.36 Å². The van der Waals surface area contributed by atoms with Crippen LogP contribution in [-0.4, -0.2) is 26.2 Å². The third-order valence-corrected chi connectivity index (χ3v) is 4.60. The molecule has 4 nitrogen and oxygen atoms in total. The SMILES string of the molecule is CCc1nsc(SCC(C(=O)O)c2ccccc2)n1. The van der Waals surface area contributed by atoms with Gasteiger partial charge in [0.2, 0.25) is 0 Å². The Morgan fingerprint density at radius 1 is 1.42 bits per heavy atom. The fourth-order valence-electron chi connectivity index (χ4n) is 1.59. The summed E-state index contributed by atoms with van der Waals surface area (Å²) in [6.45, 7) is 2.00. The van der Waals surface area contributed by atoms with Crippen molar-refractivity contribution in [1.29, 1.82) is 0 Å². The highest BCUT2D eigenvalue weighted by atomic mass is 32.2. The van der Waals surface area contributed by atoms with Crippen molar-refractivity contribution in [3.05, 3.63) is 41.7 Å². The van der Waals surface area contributed by atoms with Gasteiger partial charge in [-0.05, 0) is 17.1 Å². The third-order valence-electron chi connectivity index (χ3n) is 2.64. The molecule has 1 aromatic heterocycles. The van der Waals surface area contributed by atoms with Gasteiger partial charge < -0.3 is 5.11 Å². The number of nitrogens with zero attached hydrogens (tertiary/aromatic N) is 2. The Morgan fingerprint density at radius 2 is 2.16 bits per heavy atom. The van der Waals surface area contributed by atoms with Crippen molar-refractivity contribution in [3.63, 3.8) is 0 Å². The number of rotatable bonds is 6. The molecule has 0 aliphatic rings. The van der Waals surface area contributed by atoms with Crippen molar-refractivity contribution in [2.75, 3.05) is 5.75 Å². The Bertz CT molecular complexity index is 543. The Kier molecular flexibility index (Phi) is 4.93. The van der Waals surface area contributed by atoms with Crippen LogP contribution < -0.4 is 0 Å². The van der Waals surface area contributed by atoms with Crippen LogP contribution in [0.25, 0.3) is 0 Å². The predicted octanol–water partition coefficient (Wildman–Crippen LogP) is 3.06. The molecular weight excluding hydrogens is 280 g/mol. The van der Waals surface area contributed by atoms with Gasteiger partial charge in [-0.15, -0.1) is 0 Å². The summed E-state index contributed by atoms with van der Waals surface area (Å²) in [5.41, 5.74) is 0.822. The van der Waals surface area contributed by atoms with Crippen molar-refractivity contribution in [2.45, 2.75) is 23.6 Å². The maximum atomic E-state index is 11.3. The van der Waals surface area contributed by atoms with E-state index in [1.165, 1.54) is 23.3 Å². The largest absolute Gasteiger partial charge is 0.481 e. The average Bonchev–Trinajstić information content (AvgIpc) is 2.88. The summed E-state index contributed by atoms with van der Waals surface area (Å²) in [5, 5.41) is 9.31. The summed E-state index contributed by atoms with van der Waals surface area (Å²) in [6.07, 6.45) is 0.804. The highest BCUT2D eigenvalue weighted by Gasteiger charge is 2.20. The normalized spacial score (nSPS) is 12.3. The van der Waals surface area contributed by atoms with Gasteiger partial charge >= 0.3 is 5.97 Å². The lowest BCUT2D eigenvalue weighted by molar-refractivity contribution is -0.138. The van der Waals surface area contributed by atoms with Gasteiger partial charge in [0.05, 0.1) is 5.92 Å². The lowest BCUT2D eigenvalue weighted by Crippen LogP contribution is -2.13. The van der Waals surface area contributed by atoms with Crippen LogP contribution >= 0.6 is 23.3 Å². The molecule has 0 saturated carbocycles. The molecule has 6 heteroatoms. The average molecular weight is 294 g/mol. The number of hydrogen-bond donors (Lipinski definition) is 1. The van der Waals surface area contributed by atoms with Gasteiger partial charge in [-0.3, -0.25) is 4.79 Å². The Labute approximate surface area is 120 Å². The molecule has 0 saturated heterocycles. The van der Waals surface area contributed by atoms with Crippen LogP contribution in [0.1, 0.15) is 24.2 Å². The van der Waals surface area contributed by atoms with E-state index in [4.69, 9.17) is 0 Å². The fourth-order valence-corrected chi connectivity index (χ4v) is 3.43. The molecule has 2 aromatic rings. The summed E-state index contributed by atoms with van der Waals surface area (Å²) >= 11 is 2.78. The summed E-state index contributed by atoms with van der Waals surface area (Å²) in [6, 6.07) is 9.29. The fraction of sp³-hybridized carbons (Fsp3) is 0.308. The van der Waals surface area contributed by atoms with E-state index in [0.29, 0.717) is 5.75 Å². The first-order valence-corrected chi connectivity index (χ1v) is 7.69. The maximum Gasteiger partial charge on any atom is 0.311 e. The van der Waals surface area contributed by atoms with E-state index in [1.54, 1.807) is 0 Å². The highest BCUT2D eigenvalue weighted by molar-refractivity contribution is 8.01. The molecule has 0 spiro atoms. The Balaban J connectivity index is 2.04. The minimum absolute atomic E-state index is 0.470. The lowest BCUT2D eigenvalue weighted by atomic mass is 10.0. The number of carboxylic acid groups (broad SMARTS) is 1. The number of thioether (sulfide) groups is 1. The van der Waals surface area contributed by atoms with Gasteiger partial charge in [0.25, 0.3) is 0 Å². The molecule has 100 valence electrons. The topological polar surface area (TPSA) is 63.1 Å². The molecule has 0 aliphatic heterocycles. The van der Waals surface area contributed by atoms with Crippen LogP contribution in [-0.2, 0) is 11.2 Å². The summed E-state index contributed by atoms with van der Waals surface area (Å²) in [5.74, 6) is -0.0317. The number of carboxylic acids is 1. The van der Waals surface area contributed by atoms with E-state index >= 15 is 0 Å². The molecule has 0 aliphatic carbocycles. The first-order valence-electron chi connectivity index (χ1n) is 5.93. The molecule has 1 aromatic carbocycles. The molecule has 0 radical (unpaired) electrons. The van der Waals surface area contributed by atoms with Crippen LogP contribution in [0, 0.1) is 0 Å². The van der Waals surface area contributed by atoms with Crippen molar-refractivity contribution in [2.24, 2.45) is 0 Å². The second-order valence-electron chi connectivity index (χ2n) is 3.94. The Morgan fingerprint density at radius 3 is 2.74 bits per heavy atom. The molecule has 0 bridgehead atoms. The molecule has 1 N–H and O–H groups in total. The zero-order chi connectivity index (χ0) is 13.7. The standard InChI is InChI=1S/C13H14N2O2S2/c1-2-11-14-13(19-15-11)18-8-10(12(16)17)9-6-4-3-5-7-9/h3-7,10H,2,8H2,1H3,(H,16,17). The van der Waals surface area contributed by atoms with Gasteiger partial charge in [0.15, 0.2) is 4.34 Å². The van der Waals surface area contributed by atoms with E-state index in [2.05, 4.69) is 9.36 Å². The van der Waals surface area contributed by atoms with Gasteiger partial charge in [0.1, 0.15) is 5.82 Å². The molecule has 0 amide bonds. The zero-order valence-corrected chi connectivity index (χ0v) is 12.1. The zero-order valence-electron chi connectivity index (χ0n) is 10.4. The highest BCUT2D eigenvalue weighted by Crippen LogP contribution is 2.27. The monoisotopic (exact) mass is 294 g/mol. The number of aliphatic carboxylic acids is 1. The Hall–Kier alpha value is -1.40. The van der Waals surface area contributed by atoms with Gasteiger partial charge in [0, 0.05) is 12.2 Å². The van der Waals surface area contributed by atoms with E-state index in [0.717, 1.165) is 22.1 Å². The number of carbonyl (C=O) groups is 1. The third kappa shape index (κ3) is 3.78. The second kappa shape index (κ2) is 6.68. The van der Waals surface area contributed by atoms with Crippen LogP contribution in [0.5, 0.6) is 0 Å². The predicted molar refractivity (Wildman–Crippen MR) is 76.8 cm³/mol. The van der Waals surface area contributed by atoms with Crippen molar-refractivity contribution >= 4 is 29.3 Å². The van der Waals surface area contributed by atoms with Crippen molar-refractivity contribution in [3.8, 4) is 0 Å². The number of aryl methyl sites for hydroxylation is 1. The quantitative estimate of drug-likeness (QED) is 0.830. The minimum atomic E-state index is -0.807. The molecule has 0 fully saturated rings. The molecule has 1 atom stereocenters. The van der Waals surface area contributed by atoms with Crippen LogP contribution in [0.4, 0.5) is 0 Å². The first kappa shape index (κ1) is 14.0. The number of benzene rings is 1. The summed E-state index contributed by atoms with van der Waals surface area (Å²) < 4.78 is 5.02. The molecule has 1 heterocycles. The summed E-state index contributed by atoms with van der Waals surface area (Å²) in [4.78, 5) is 15.7. The van der Waals surface area contributed by atoms with Gasteiger partial charge in [-0.2, -0.15) is 4.37 Å². The smallest absolute Gasteiger partial charge is 0.311 e. The molecular formula is C13H14N2O2S2. The minimum Gasteiger partial charge on any atom is -0.481 e. The number of aromatic nitrogens is 2. The van der Waals surface area contributed by atoms with Gasteiger partial charge in [-0.1, -0.05) is 49.0 Å². The molecule has 19 heavy (non-hydrogen) atoms. The van der Waals surface area contributed by atoms with Crippen LogP contribution in [0.2, 0.25) is 0 Å². The molecule has 1 unspecified atom stereocenters. The van der Waals surface area contributed by atoms with E-state index in [9.17, 15) is 9.90 Å². The second-order valence-corrected chi connectivity index (χ2v) is 5.96. The maximum absolute atomic E-state index is 11.3.